The van der Waals surface area contributed by atoms with E-state index in [0.29, 0.717) is 0 Å². The second-order valence-electron chi connectivity index (χ2n) is 3.96. The van der Waals surface area contributed by atoms with Gasteiger partial charge in [-0.1, -0.05) is 91.5 Å². The summed E-state index contributed by atoms with van der Waals surface area (Å²) in [5.74, 6) is 0. The normalized spacial score (nSPS) is 11.7. The van der Waals surface area contributed by atoms with E-state index in [-0.39, 0.29) is 0 Å². The van der Waals surface area contributed by atoms with Crippen molar-refractivity contribution in [3.05, 3.63) is 96.6 Å². The van der Waals surface area contributed by atoms with Crippen molar-refractivity contribution in [2.24, 2.45) is 0 Å². The summed E-state index contributed by atoms with van der Waals surface area (Å²) in [6.45, 7) is 3.86. The smallest absolute Gasteiger partial charge is 0.0184 e. The van der Waals surface area contributed by atoms with Gasteiger partial charge >= 0.3 is 0 Å². The quantitative estimate of drug-likeness (QED) is 0.653. The molecule has 0 N–H and O–H groups in total. The van der Waals surface area contributed by atoms with Crippen LogP contribution >= 0.6 is 0 Å². The Morgan fingerprint density at radius 2 is 1.44 bits per heavy atom. The average molecular weight is 232 g/mol. The molecule has 0 saturated carbocycles. The Hall–Kier alpha value is -2.34. The topological polar surface area (TPSA) is 0 Å². The molecule has 0 bridgehead atoms. The van der Waals surface area contributed by atoms with Crippen LogP contribution in [0.25, 0.3) is 11.6 Å². The molecule has 2 aromatic rings. The van der Waals surface area contributed by atoms with Gasteiger partial charge in [-0.2, -0.15) is 0 Å². The Labute approximate surface area is 109 Å². The van der Waals surface area contributed by atoms with Crippen LogP contribution in [-0.4, -0.2) is 0 Å². The largest absolute Gasteiger partial charge is 0.0984 e. The first-order valence-corrected chi connectivity index (χ1v) is 6.01. The van der Waals surface area contributed by atoms with E-state index in [1.807, 2.05) is 42.5 Å². The van der Waals surface area contributed by atoms with Crippen LogP contribution in [0.4, 0.5) is 0 Å². The lowest BCUT2D eigenvalue weighted by Gasteiger charge is -1.99. The molecule has 0 aliphatic carbocycles. The molecule has 0 heteroatoms. The zero-order chi connectivity index (χ0) is 12.6. The van der Waals surface area contributed by atoms with Gasteiger partial charge in [0.05, 0.1) is 0 Å². The minimum Gasteiger partial charge on any atom is -0.0984 e. The summed E-state index contributed by atoms with van der Waals surface area (Å²) in [6.07, 6.45) is 8.10. The van der Waals surface area contributed by atoms with Crippen molar-refractivity contribution in [1.29, 1.82) is 0 Å². The third-order valence-electron chi connectivity index (χ3n) is 2.69. The van der Waals surface area contributed by atoms with Crippen LogP contribution in [0.2, 0.25) is 0 Å². The fourth-order valence-corrected chi connectivity index (χ4v) is 1.74. The Bertz CT molecular complexity index is 545. The van der Waals surface area contributed by atoms with Crippen LogP contribution in [0.1, 0.15) is 11.1 Å². The number of allylic oxidation sites excluding steroid dienone is 4. The number of hydrogen-bond donors (Lipinski definition) is 0. The summed E-state index contributed by atoms with van der Waals surface area (Å²) in [7, 11) is 0. The van der Waals surface area contributed by atoms with E-state index in [9.17, 15) is 0 Å². The van der Waals surface area contributed by atoms with Crippen LogP contribution < -0.4 is 0 Å². The minimum atomic E-state index is 1.13. The maximum Gasteiger partial charge on any atom is -0.0184 e. The van der Waals surface area contributed by atoms with Gasteiger partial charge in [-0.15, -0.1) is 0 Å². The van der Waals surface area contributed by atoms with E-state index in [2.05, 4.69) is 49.1 Å². The first-order valence-electron chi connectivity index (χ1n) is 6.01. The predicted molar refractivity (Wildman–Crippen MR) is 80.1 cm³/mol. The van der Waals surface area contributed by atoms with Crippen molar-refractivity contribution >= 4 is 11.6 Å². The Morgan fingerprint density at radius 1 is 0.833 bits per heavy atom. The molecule has 0 fully saturated rings. The van der Waals surface area contributed by atoms with E-state index < -0.39 is 0 Å². The van der Waals surface area contributed by atoms with Gasteiger partial charge in [0.15, 0.2) is 0 Å². The molecular weight excluding hydrogens is 216 g/mol. The summed E-state index contributed by atoms with van der Waals surface area (Å²) in [4.78, 5) is 0. The molecule has 0 atom stereocenters. The van der Waals surface area contributed by atoms with Crippen LogP contribution in [-0.2, 0) is 0 Å². The lowest BCUT2D eigenvalue weighted by atomic mass is 10.1. The van der Waals surface area contributed by atoms with Crippen molar-refractivity contribution in [3.63, 3.8) is 0 Å². The third-order valence-corrected chi connectivity index (χ3v) is 2.69. The van der Waals surface area contributed by atoms with Crippen molar-refractivity contribution in [2.75, 3.05) is 0 Å². The van der Waals surface area contributed by atoms with Gasteiger partial charge in [-0.05, 0) is 16.7 Å². The molecule has 18 heavy (non-hydrogen) atoms. The SMILES string of the molecule is C=C/C(=C\C=C\c1ccccc1)c1ccccc1. The van der Waals surface area contributed by atoms with Gasteiger partial charge in [0.1, 0.15) is 0 Å². The molecule has 0 aromatic heterocycles. The van der Waals surface area contributed by atoms with Gasteiger partial charge < -0.3 is 0 Å². The van der Waals surface area contributed by atoms with Crippen LogP contribution in [0.15, 0.2) is 85.5 Å². The fourth-order valence-electron chi connectivity index (χ4n) is 1.74. The summed E-state index contributed by atoms with van der Waals surface area (Å²) >= 11 is 0. The molecule has 2 rings (SSSR count). The number of rotatable bonds is 4. The predicted octanol–water partition coefficient (Wildman–Crippen LogP) is 4.97. The van der Waals surface area contributed by atoms with Crippen LogP contribution in [0.5, 0.6) is 0 Å². The van der Waals surface area contributed by atoms with Crippen molar-refractivity contribution < 1.29 is 0 Å². The van der Waals surface area contributed by atoms with Gasteiger partial charge in [-0.3, -0.25) is 0 Å². The minimum absolute atomic E-state index is 1.13. The van der Waals surface area contributed by atoms with Gasteiger partial charge in [-0.25, -0.2) is 0 Å². The molecule has 0 amide bonds. The molecule has 0 saturated heterocycles. The molecule has 0 spiro atoms. The summed E-state index contributed by atoms with van der Waals surface area (Å²) in [5.41, 5.74) is 3.51. The summed E-state index contributed by atoms with van der Waals surface area (Å²) in [6, 6.07) is 20.5. The number of hydrogen-bond acceptors (Lipinski definition) is 0. The lowest BCUT2D eigenvalue weighted by Crippen LogP contribution is -1.78. The molecule has 0 nitrogen and oxygen atoms in total. The zero-order valence-electron chi connectivity index (χ0n) is 10.3. The molecule has 0 radical (unpaired) electrons. The monoisotopic (exact) mass is 232 g/mol. The molecule has 0 aliphatic rings. The van der Waals surface area contributed by atoms with Crippen LogP contribution in [0, 0.1) is 0 Å². The molecule has 88 valence electrons. The van der Waals surface area contributed by atoms with Crippen molar-refractivity contribution in [2.45, 2.75) is 0 Å². The van der Waals surface area contributed by atoms with E-state index >= 15 is 0 Å². The highest BCUT2D eigenvalue weighted by Gasteiger charge is 1.93. The van der Waals surface area contributed by atoms with E-state index in [0.717, 1.165) is 5.57 Å². The zero-order valence-corrected chi connectivity index (χ0v) is 10.3. The number of benzene rings is 2. The van der Waals surface area contributed by atoms with Gasteiger partial charge in [0, 0.05) is 0 Å². The fraction of sp³-hybridized carbons (Fsp3) is 0. The van der Waals surface area contributed by atoms with Crippen LogP contribution in [0.3, 0.4) is 0 Å². The second kappa shape index (κ2) is 6.41. The maximum atomic E-state index is 3.86. The summed E-state index contributed by atoms with van der Waals surface area (Å²) < 4.78 is 0. The molecule has 0 unspecified atom stereocenters. The Kier molecular flexibility index (Phi) is 4.32. The highest BCUT2D eigenvalue weighted by atomic mass is 14.0. The maximum absolute atomic E-state index is 3.86. The Morgan fingerprint density at radius 3 is 2.06 bits per heavy atom. The van der Waals surface area contributed by atoms with E-state index in [1.54, 1.807) is 0 Å². The highest BCUT2D eigenvalue weighted by molar-refractivity contribution is 5.75. The standard InChI is InChI=1S/C18H16/c1-2-17(18-13-7-4-8-14-18)15-9-12-16-10-5-3-6-11-16/h2-15H,1H2/b12-9+,17-15+. The highest BCUT2D eigenvalue weighted by Crippen LogP contribution is 2.15. The van der Waals surface area contributed by atoms with Crippen molar-refractivity contribution in [3.8, 4) is 0 Å². The molecule has 2 aromatic carbocycles. The molecule has 0 aliphatic heterocycles. The van der Waals surface area contributed by atoms with E-state index in [1.165, 1.54) is 11.1 Å². The molecular formula is C18H16. The first-order chi connectivity index (χ1) is 8.90. The average Bonchev–Trinajstić information content (AvgIpc) is 2.46. The summed E-state index contributed by atoms with van der Waals surface area (Å²) in [5, 5.41) is 0. The van der Waals surface area contributed by atoms with Crippen molar-refractivity contribution in [1.82, 2.24) is 0 Å². The van der Waals surface area contributed by atoms with Gasteiger partial charge in [0.25, 0.3) is 0 Å². The van der Waals surface area contributed by atoms with Gasteiger partial charge in [0.2, 0.25) is 0 Å². The Balaban J connectivity index is 2.17. The first kappa shape index (κ1) is 12.1. The third kappa shape index (κ3) is 3.33. The second-order valence-corrected chi connectivity index (χ2v) is 3.96. The lowest BCUT2D eigenvalue weighted by molar-refractivity contribution is 1.62. The van der Waals surface area contributed by atoms with E-state index in [4.69, 9.17) is 0 Å². The molecule has 0 heterocycles.